The number of hydrogen-bond donors (Lipinski definition) is 3. The van der Waals surface area contributed by atoms with Crippen molar-refractivity contribution in [3.05, 3.63) is 11.6 Å². The summed E-state index contributed by atoms with van der Waals surface area (Å²) in [7, 11) is -4.67. The summed E-state index contributed by atoms with van der Waals surface area (Å²) in [4.78, 5) is 13.8. The van der Waals surface area contributed by atoms with E-state index in [1.807, 2.05) is 6.92 Å². The summed E-state index contributed by atoms with van der Waals surface area (Å²) in [6, 6.07) is 0. The average Bonchev–Trinajstić information content (AvgIpc) is 2.00. The molecule has 0 amide bonds. The molecule has 0 radical (unpaired) electrons. The van der Waals surface area contributed by atoms with Crippen LogP contribution in [0.5, 0.6) is 0 Å². The fourth-order valence-corrected chi connectivity index (χ4v) is 0.462. The van der Waals surface area contributed by atoms with Crippen LogP contribution in [0.15, 0.2) is 11.6 Å². The van der Waals surface area contributed by atoms with Crippen molar-refractivity contribution in [1.29, 1.82) is 0 Å². The summed E-state index contributed by atoms with van der Waals surface area (Å²) in [5.74, 6) is -0.683. The van der Waals surface area contributed by atoms with E-state index in [-0.39, 0.29) is 31.0 Å². The molecule has 0 saturated heterocycles. The Labute approximate surface area is 111 Å². The molecule has 0 aromatic carbocycles. The van der Waals surface area contributed by atoms with Gasteiger partial charge in [0.25, 0.3) is 0 Å². The van der Waals surface area contributed by atoms with E-state index in [2.05, 4.69) is 4.89 Å². The smallest absolute Gasteiger partial charge is 1.00 e. The quantitative estimate of drug-likeness (QED) is 0.168. The molecule has 0 aromatic rings. The van der Waals surface area contributed by atoms with Gasteiger partial charge in [-0.25, -0.2) is 4.79 Å². The maximum absolute atomic E-state index is 10.4. The van der Waals surface area contributed by atoms with E-state index in [0.717, 1.165) is 6.42 Å². The largest absolute Gasteiger partial charge is 1.00 e. The van der Waals surface area contributed by atoms with E-state index in [0.29, 0.717) is 5.57 Å². The Morgan fingerprint density at radius 3 is 2.00 bits per heavy atom. The minimum atomic E-state index is -4.67. The van der Waals surface area contributed by atoms with Gasteiger partial charge in [0.05, 0.1) is 0 Å². The van der Waals surface area contributed by atoms with Crippen LogP contribution in [-0.4, -0.2) is 28.7 Å². The van der Waals surface area contributed by atoms with E-state index in [1.54, 1.807) is 13.0 Å². The Morgan fingerprint density at radius 1 is 1.47 bits per heavy atom. The molecule has 0 aliphatic carbocycles. The molecule has 0 spiro atoms. The summed E-state index contributed by atoms with van der Waals surface area (Å²) < 4.78 is 31.6. The van der Waals surface area contributed by atoms with Crippen LogP contribution >= 0.6 is 0 Å². The molecule has 0 saturated carbocycles. The molecule has 9 heteroatoms. The maximum atomic E-state index is 10.4. The monoisotopic (exact) mass is 252 g/mol. The second kappa shape index (κ2) is 10.6. The standard InChI is InChI=1S/C6H10O3.Na.H2O4S.H/c1-3-4-5(2)6(7)9-8;;1-5(2,3)4;/h4,8H,3H2,1-2H3;;(H2,1,2,3,4);/q;+1;;-1. The van der Waals surface area contributed by atoms with Crippen molar-refractivity contribution in [3.63, 3.8) is 0 Å². The Morgan fingerprint density at radius 2 is 1.80 bits per heavy atom. The van der Waals surface area contributed by atoms with E-state index in [1.165, 1.54) is 0 Å². The molecule has 7 nitrogen and oxygen atoms in total. The van der Waals surface area contributed by atoms with Crippen LogP contribution in [0.3, 0.4) is 0 Å². The van der Waals surface area contributed by atoms with Gasteiger partial charge in [0, 0.05) is 5.57 Å². The number of carbonyl (C=O) groups excluding carboxylic acids is 1. The third-order valence-corrected chi connectivity index (χ3v) is 0.915. The van der Waals surface area contributed by atoms with Gasteiger partial charge in [-0.3, -0.25) is 14.0 Å². The molecule has 0 bridgehead atoms. The number of hydrogen-bond acceptors (Lipinski definition) is 5. The van der Waals surface area contributed by atoms with Gasteiger partial charge in [0.1, 0.15) is 0 Å². The van der Waals surface area contributed by atoms with Crippen LogP contribution in [0.2, 0.25) is 0 Å². The van der Waals surface area contributed by atoms with Gasteiger partial charge in [-0.2, -0.15) is 13.7 Å². The second-order valence-electron chi connectivity index (χ2n) is 2.12. The van der Waals surface area contributed by atoms with Crippen LogP contribution in [0.1, 0.15) is 21.7 Å². The van der Waals surface area contributed by atoms with Gasteiger partial charge in [0.15, 0.2) is 0 Å². The van der Waals surface area contributed by atoms with Crippen molar-refractivity contribution in [2.75, 3.05) is 0 Å². The van der Waals surface area contributed by atoms with Gasteiger partial charge >= 0.3 is 45.9 Å². The Bertz CT molecular complexity index is 292. The normalized spacial score (nSPS) is 10.6. The number of allylic oxidation sites excluding steroid dienone is 1. The first-order chi connectivity index (χ1) is 6.22. The van der Waals surface area contributed by atoms with Crippen molar-refractivity contribution in [3.8, 4) is 0 Å². The molecule has 0 heterocycles. The predicted molar refractivity (Wildman–Crippen MR) is 48.1 cm³/mol. The van der Waals surface area contributed by atoms with E-state index >= 15 is 0 Å². The molecule has 0 atom stereocenters. The SMILES string of the molecule is CCC=C(C)C(=O)OO.O=S(=O)(O)O.[H-].[Na+]. The molecular formula is C6H13NaO7S. The predicted octanol–water partition coefficient (Wildman–Crippen LogP) is -2.18. The molecule has 3 N–H and O–H groups in total. The second-order valence-corrected chi connectivity index (χ2v) is 3.02. The third-order valence-electron chi connectivity index (χ3n) is 0.915. The molecule has 0 fully saturated rings. The van der Waals surface area contributed by atoms with Crippen molar-refractivity contribution >= 4 is 16.4 Å². The first-order valence-corrected chi connectivity index (χ1v) is 4.84. The van der Waals surface area contributed by atoms with Crippen molar-refractivity contribution < 1.29 is 63.4 Å². The van der Waals surface area contributed by atoms with Crippen molar-refractivity contribution in [1.82, 2.24) is 0 Å². The summed E-state index contributed by atoms with van der Waals surface area (Å²) >= 11 is 0. The van der Waals surface area contributed by atoms with Crippen molar-refractivity contribution in [2.45, 2.75) is 20.3 Å². The van der Waals surface area contributed by atoms with Crippen LogP contribution in [0, 0.1) is 0 Å². The van der Waals surface area contributed by atoms with Gasteiger partial charge in [0.2, 0.25) is 0 Å². The van der Waals surface area contributed by atoms with E-state index < -0.39 is 16.4 Å². The topological polar surface area (TPSA) is 121 Å². The zero-order valence-corrected chi connectivity index (χ0v) is 11.5. The molecular weight excluding hydrogens is 239 g/mol. The summed E-state index contributed by atoms with van der Waals surface area (Å²) in [5.41, 5.74) is 0.431. The van der Waals surface area contributed by atoms with Gasteiger partial charge in [-0.15, -0.1) is 0 Å². The molecule has 15 heavy (non-hydrogen) atoms. The van der Waals surface area contributed by atoms with E-state index in [9.17, 15) is 4.79 Å². The Balaban J connectivity index is -0.0000000904. The van der Waals surface area contributed by atoms with E-state index in [4.69, 9.17) is 22.8 Å². The number of rotatable bonds is 2. The van der Waals surface area contributed by atoms with Gasteiger partial charge in [-0.1, -0.05) is 13.0 Å². The first-order valence-electron chi connectivity index (χ1n) is 3.44. The molecule has 0 rings (SSSR count). The average molecular weight is 252 g/mol. The van der Waals surface area contributed by atoms with Crippen LogP contribution in [-0.2, 0) is 20.1 Å². The first kappa shape index (κ1) is 20.5. The third kappa shape index (κ3) is 24.9. The molecule has 86 valence electrons. The summed E-state index contributed by atoms with van der Waals surface area (Å²) in [5, 5.41) is 7.84. The summed E-state index contributed by atoms with van der Waals surface area (Å²) in [6.45, 7) is 3.48. The molecule has 0 unspecified atom stereocenters. The van der Waals surface area contributed by atoms with Gasteiger partial charge < -0.3 is 1.43 Å². The molecule has 0 aliphatic rings. The Hall–Kier alpha value is 0.0400. The van der Waals surface area contributed by atoms with Crippen molar-refractivity contribution in [2.24, 2.45) is 0 Å². The molecule has 0 aromatic heterocycles. The number of carbonyl (C=O) groups is 1. The van der Waals surface area contributed by atoms with Crippen LogP contribution in [0.25, 0.3) is 0 Å². The minimum absolute atomic E-state index is 0. The fourth-order valence-electron chi connectivity index (χ4n) is 0.462. The fraction of sp³-hybridized carbons (Fsp3) is 0.500. The van der Waals surface area contributed by atoms with Crippen LogP contribution < -0.4 is 29.6 Å². The zero-order chi connectivity index (χ0) is 11.8. The molecule has 0 aliphatic heterocycles. The maximum Gasteiger partial charge on any atom is 1.00 e. The minimum Gasteiger partial charge on any atom is -1.00 e. The van der Waals surface area contributed by atoms with Crippen LogP contribution in [0.4, 0.5) is 0 Å². The zero-order valence-electron chi connectivity index (χ0n) is 9.67. The van der Waals surface area contributed by atoms with Gasteiger partial charge in [-0.05, 0) is 13.3 Å². The summed E-state index contributed by atoms with van der Waals surface area (Å²) in [6.07, 6.45) is 2.44. The Kier molecular flexibility index (Phi) is 14.4.